The van der Waals surface area contributed by atoms with Gasteiger partial charge in [0.15, 0.2) is 0 Å². The van der Waals surface area contributed by atoms with Crippen LogP contribution in [0.1, 0.15) is 39.5 Å². The van der Waals surface area contributed by atoms with Crippen LogP contribution in [0, 0.1) is 11.8 Å². The first kappa shape index (κ1) is 13.2. The van der Waals surface area contributed by atoms with Crippen LogP contribution in [0.4, 0.5) is 0 Å². The van der Waals surface area contributed by atoms with Gasteiger partial charge in [0.2, 0.25) is 0 Å². The maximum Gasteiger partial charge on any atom is 0.0244 e. The van der Waals surface area contributed by atoms with Crippen LogP contribution in [0.5, 0.6) is 0 Å². The molecule has 1 saturated carbocycles. The molecule has 1 aliphatic rings. The lowest BCUT2D eigenvalue weighted by Gasteiger charge is -2.33. The molecule has 15 heavy (non-hydrogen) atoms. The quantitative estimate of drug-likeness (QED) is 0.735. The molecule has 0 aliphatic heterocycles. The number of nitrogens with one attached hydrogen (secondary N) is 1. The standard InChI is InChI=1S/C12H25NOS/c1-10-5-6-11(2)12(9-10)13-7-4-8-15(3)14/h10-13H,4-9H2,1-3H3. The minimum absolute atomic E-state index is 0.628. The van der Waals surface area contributed by atoms with Crippen LogP contribution >= 0.6 is 0 Å². The summed E-state index contributed by atoms with van der Waals surface area (Å²) < 4.78 is 10.9. The molecule has 1 fully saturated rings. The van der Waals surface area contributed by atoms with Gasteiger partial charge in [0.05, 0.1) is 0 Å². The van der Waals surface area contributed by atoms with Crippen molar-refractivity contribution in [3.8, 4) is 0 Å². The molecule has 0 aromatic rings. The first-order valence-electron chi connectivity index (χ1n) is 6.13. The van der Waals surface area contributed by atoms with E-state index in [9.17, 15) is 4.21 Å². The molecule has 0 heterocycles. The van der Waals surface area contributed by atoms with E-state index in [0.717, 1.165) is 30.6 Å². The molecule has 4 unspecified atom stereocenters. The maximum atomic E-state index is 10.9. The zero-order chi connectivity index (χ0) is 11.3. The maximum absolute atomic E-state index is 10.9. The van der Waals surface area contributed by atoms with Crippen LogP contribution in [0.25, 0.3) is 0 Å². The van der Waals surface area contributed by atoms with Crippen molar-refractivity contribution in [3.05, 3.63) is 0 Å². The van der Waals surface area contributed by atoms with Crippen LogP contribution in [0.2, 0.25) is 0 Å². The number of hydrogen-bond donors (Lipinski definition) is 1. The lowest BCUT2D eigenvalue weighted by Crippen LogP contribution is -2.40. The lowest BCUT2D eigenvalue weighted by molar-refractivity contribution is 0.229. The molecule has 0 saturated heterocycles. The molecule has 0 bridgehead atoms. The second-order valence-corrected chi connectivity index (χ2v) is 6.64. The average molecular weight is 231 g/mol. The first-order valence-corrected chi connectivity index (χ1v) is 7.85. The molecule has 2 nitrogen and oxygen atoms in total. The minimum atomic E-state index is -0.628. The van der Waals surface area contributed by atoms with Crippen molar-refractivity contribution in [2.24, 2.45) is 11.8 Å². The summed E-state index contributed by atoms with van der Waals surface area (Å²) in [5.74, 6) is 2.52. The van der Waals surface area contributed by atoms with E-state index in [1.54, 1.807) is 6.26 Å². The third kappa shape index (κ3) is 5.12. The van der Waals surface area contributed by atoms with Crippen molar-refractivity contribution in [2.75, 3.05) is 18.6 Å². The van der Waals surface area contributed by atoms with Gasteiger partial charge in [0.1, 0.15) is 0 Å². The van der Waals surface area contributed by atoms with Gasteiger partial charge in [-0.15, -0.1) is 0 Å². The van der Waals surface area contributed by atoms with E-state index >= 15 is 0 Å². The molecule has 3 heteroatoms. The predicted molar refractivity (Wildman–Crippen MR) is 67.5 cm³/mol. The van der Waals surface area contributed by atoms with E-state index in [1.165, 1.54) is 19.3 Å². The summed E-state index contributed by atoms with van der Waals surface area (Å²) in [5, 5.41) is 3.62. The Bertz CT molecular complexity index is 208. The zero-order valence-corrected chi connectivity index (χ0v) is 11.1. The topological polar surface area (TPSA) is 29.1 Å². The summed E-state index contributed by atoms with van der Waals surface area (Å²) in [6.07, 6.45) is 6.89. The second-order valence-electron chi connectivity index (χ2n) is 5.09. The van der Waals surface area contributed by atoms with Crippen molar-refractivity contribution in [2.45, 2.75) is 45.6 Å². The van der Waals surface area contributed by atoms with Gasteiger partial charge in [-0.3, -0.25) is 4.21 Å². The Labute approximate surface area is 96.7 Å². The summed E-state index contributed by atoms with van der Waals surface area (Å²) in [7, 11) is -0.628. The highest BCUT2D eigenvalue weighted by molar-refractivity contribution is 7.84. The average Bonchev–Trinajstić information content (AvgIpc) is 2.17. The summed E-state index contributed by atoms with van der Waals surface area (Å²) in [5.41, 5.74) is 0. The Kier molecular flexibility index (Phi) is 5.83. The van der Waals surface area contributed by atoms with Gasteiger partial charge in [-0.2, -0.15) is 0 Å². The minimum Gasteiger partial charge on any atom is -0.314 e. The van der Waals surface area contributed by atoms with Gasteiger partial charge in [-0.1, -0.05) is 20.3 Å². The van der Waals surface area contributed by atoms with Gasteiger partial charge in [0, 0.05) is 28.9 Å². The Morgan fingerprint density at radius 1 is 1.33 bits per heavy atom. The third-order valence-corrected chi connectivity index (χ3v) is 4.34. The summed E-state index contributed by atoms with van der Waals surface area (Å²) in [6.45, 7) is 5.73. The zero-order valence-electron chi connectivity index (χ0n) is 10.3. The van der Waals surface area contributed by atoms with Crippen molar-refractivity contribution in [1.82, 2.24) is 5.32 Å². The monoisotopic (exact) mass is 231 g/mol. The predicted octanol–water partition coefficient (Wildman–Crippen LogP) is 2.17. The van der Waals surface area contributed by atoms with Gasteiger partial charge >= 0.3 is 0 Å². The van der Waals surface area contributed by atoms with Gasteiger partial charge in [-0.25, -0.2) is 0 Å². The van der Waals surface area contributed by atoms with Crippen molar-refractivity contribution in [1.29, 1.82) is 0 Å². The van der Waals surface area contributed by atoms with Crippen molar-refractivity contribution in [3.63, 3.8) is 0 Å². The van der Waals surface area contributed by atoms with Crippen LogP contribution in [0.3, 0.4) is 0 Å². The SMILES string of the molecule is CC1CCC(C)C(NCCCS(C)=O)C1. The Balaban J connectivity index is 2.16. The van der Waals surface area contributed by atoms with Crippen LogP contribution in [-0.2, 0) is 10.8 Å². The van der Waals surface area contributed by atoms with Gasteiger partial charge in [-0.05, 0) is 37.6 Å². The molecule has 0 aromatic heterocycles. The van der Waals surface area contributed by atoms with E-state index in [1.807, 2.05) is 0 Å². The smallest absolute Gasteiger partial charge is 0.0244 e. The lowest BCUT2D eigenvalue weighted by atomic mass is 9.80. The normalized spacial score (nSPS) is 33.9. The van der Waals surface area contributed by atoms with E-state index in [-0.39, 0.29) is 0 Å². The highest BCUT2D eigenvalue weighted by Crippen LogP contribution is 2.28. The Morgan fingerprint density at radius 2 is 2.07 bits per heavy atom. The molecule has 1 N–H and O–H groups in total. The molecule has 0 radical (unpaired) electrons. The summed E-state index contributed by atoms with van der Waals surface area (Å²) in [6, 6.07) is 0.694. The van der Waals surface area contributed by atoms with E-state index in [2.05, 4.69) is 19.2 Å². The van der Waals surface area contributed by atoms with E-state index in [0.29, 0.717) is 6.04 Å². The number of hydrogen-bond acceptors (Lipinski definition) is 2. The van der Waals surface area contributed by atoms with Crippen molar-refractivity contribution < 1.29 is 4.21 Å². The fraction of sp³-hybridized carbons (Fsp3) is 1.00. The van der Waals surface area contributed by atoms with Crippen LogP contribution in [-0.4, -0.2) is 28.8 Å². The molecular weight excluding hydrogens is 206 g/mol. The van der Waals surface area contributed by atoms with Crippen molar-refractivity contribution >= 4 is 10.8 Å². The molecule has 4 atom stereocenters. The highest BCUT2D eigenvalue weighted by atomic mass is 32.2. The highest BCUT2D eigenvalue weighted by Gasteiger charge is 2.24. The summed E-state index contributed by atoms with van der Waals surface area (Å²) in [4.78, 5) is 0. The first-order chi connectivity index (χ1) is 7.09. The second kappa shape index (κ2) is 6.64. The molecular formula is C12H25NOS. The number of rotatable bonds is 5. The largest absolute Gasteiger partial charge is 0.314 e. The summed E-state index contributed by atoms with van der Waals surface area (Å²) >= 11 is 0. The molecule has 90 valence electrons. The van der Waals surface area contributed by atoms with Gasteiger partial charge in [0.25, 0.3) is 0 Å². The molecule has 1 rings (SSSR count). The van der Waals surface area contributed by atoms with E-state index in [4.69, 9.17) is 0 Å². The van der Waals surface area contributed by atoms with Crippen LogP contribution in [0.15, 0.2) is 0 Å². The third-order valence-electron chi connectivity index (χ3n) is 3.47. The molecule has 0 amide bonds. The van der Waals surface area contributed by atoms with Crippen LogP contribution < -0.4 is 5.32 Å². The van der Waals surface area contributed by atoms with E-state index < -0.39 is 10.8 Å². The van der Waals surface area contributed by atoms with Gasteiger partial charge < -0.3 is 5.32 Å². The molecule has 0 spiro atoms. The fourth-order valence-corrected chi connectivity index (χ4v) is 2.93. The molecule has 1 aliphatic carbocycles. The Hall–Kier alpha value is 0.110. The fourth-order valence-electron chi connectivity index (χ4n) is 2.38. The molecule has 0 aromatic carbocycles. The Morgan fingerprint density at radius 3 is 2.73 bits per heavy atom.